The summed E-state index contributed by atoms with van der Waals surface area (Å²) in [5.74, 6) is -0.162. The van der Waals surface area contributed by atoms with E-state index in [9.17, 15) is 4.79 Å². The van der Waals surface area contributed by atoms with Gasteiger partial charge in [-0.3, -0.25) is 0 Å². The molecule has 1 aromatic carbocycles. The van der Waals surface area contributed by atoms with Gasteiger partial charge in [0.1, 0.15) is 6.61 Å². The van der Waals surface area contributed by atoms with Crippen molar-refractivity contribution in [3.63, 3.8) is 0 Å². The van der Waals surface area contributed by atoms with Crippen molar-refractivity contribution in [2.24, 2.45) is 0 Å². The molecular weight excluding hydrogens is 250 g/mol. The normalized spacial score (nSPS) is 21.9. The minimum atomic E-state index is -0.162. The molecule has 4 heteroatoms. The van der Waals surface area contributed by atoms with E-state index in [1.807, 2.05) is 18.2 Å². The van der Waals surface area contributed by atoms with Crippen molar-refractivity contribution in [3.8, 4) is 0 Å². The van der Waals surface area contributed by atoms with Crippen LogP contribution in [0.15, 0.2) is 24.3 Å². The number of cyclic esters (lactones) is 1. The van der Waals surface area contributed by atoms with E-state index in [0.29, 0.717) is 6.61 Å². The molecule has 0 atom stereocenters. The SMILES string of the molecule is CN1CCC2(CC1)COC(=O)c1ccccc12.Cl. The lowest BCUT2D eigenvalue weighted by Gasteiger charge is -2.43. The number of carbonyl (C=O) groups excluding carboxylic acids is 1. The molecule has 0 saturated carbocycles. The molecule has 0 N–H and O–H groups in total. The van der Waals surface area contributed by atoms with Crippen molar-refractivity contribution in [1.82, 2.24) is 4.90 Å². The predicted octanol–water partition coefficient (Wildman–Crippen LogP) is 2.24. The van der Waals surface area contributed by atoms with Crippen molar-refractivity contribution in [3.05, 3.63) is 35.4 Å². The Morgan fingerprint density at radius 3 is 2.61 bits per heavy atom. The fraction of sp³-hybridized carbons (Fsp3) is 0.500. The van der Waals surface area contributed by atoms with E-state index in [1.54, 1.807) is 0 Å². The second-order valence-electron chi connectivity index (χ2n) is 5.21. The minimum Gasteiger partial charge on any atom is -0.461 e. The summed E-state index contributed by atoms with van der Waals surface area (Å²) in [7, 11) is 2.15. The molecule has 2 aliphatic heterocycles. The lowest BCUT2D eigenvalue weighted by molar-refractivity contribution is 0.0233. The number of esters is 1. The molecule has 3 nitrogen and oxygen atoms in total. The second-order valence-corrected chi connectivity index (χ2v) is 5.21. The average molecular weight is 268 g/mol. The molecule has 3 rings (SSSR count). The van der Waals surface area contributed by atoms with E-state index in [0.717, 1.165) is 31.5 Å². The maximum Gasteiger partial charge on any atom is 0.338 e. The van der Waals surface area contributed by atoms with Crippen molar-refractivity contribution in [2.45, 2.75) is 18.3 Å². The number of rotatable bonds is 0. The highest BCUT2D eigenvalue weighted by atomic mass is 35.5. The summed E-state index contributed by atoms with van der Waals surface area (Å²) in [5.41, 5.74) is 2.03. The number of likely N-dealkylation sites (tertiary alicyclic amines) is 1. The zero-order valence-corrected chi connectivity index (χ0v) is 11.3. The number of nitrogens with zero attached hydrogens (tertiary/aromatic N) is 1. The van der Waals surface area contributed by atoms with Gasteiger partial charge in [-0.25, -0.2) is 4.79 Å². The predicted molar refractivity (Wildman–Crippen MR) is 72.4 cm³/mol. The van der Waals surface area contributed by atoms with Crippen LogP contribution in [-0.2, 0) is 10.2 Å². The largest absolute Gasteiger partial charge is 0.461 e. The van der Waals surface area contributed by atoms with Crippen LogP contribution < -0.4 is 0 Å². The number of ether oxygens (including phenoxy) is 1. The fourth-order valence-corrected chi connectivity index (χ4v) is 2.94. The van der Waals surface area contributed by atoms with Crippen LogP contribution in [0.3, 0.4) is 0 Å². The Hall–Kier alpha value is -1.06. The van der Waals surface area contributed by atoms with Crippen LogP contribution in [0, 0.1) is 0 Å². The van der Waals surface area contributed by atoms with Crippen LogP contribution in [-0.4, -0.2) is 37.6 Å². The van der Waals surface area contributed by atoms with Crippen molar-refractivity contribution >= 4 is 18.4 Å². The number of halogens is 1. The highest BCUT2D eigenvalue weighted by molar-refractivity contribution is 5.92. The Morgan fingerprint density at radius 1 is 1.22 bits per heavy atom. The first-order chi connectivity index (χ1) is 8.21. The topological polar surface area (TPSA) is 29.5 Å². The molecule has 2 heterocycles. The molecule has 1 saturated heterocycles. The summed E-state index contributed by atoms with van der Waals surface area (Å²) < 4.78 is 5.38. The van der Waals surface area contributed by atoms with Gasteiger partial charge in [-0.2, -0.15) is 0 Å². The minimum absolute atomic E-state index is 0. The number of carbonyl (C=O) groups is 1. The van der Waals surface area contributed by atoms with Gasteiger partial charge in [0.25, 0.3) is 0 Å². The zero-order chi connectivity index (χ0) is 11.9. The van der Waals surface area contributed by atoms with Gasteiger partial charge >= 0.3 is 5.97 Å². The van der Waals surface area contributed by atoms with Gasteiger partial charge in [0, 0.05) is 5.41 Å². The Morgan fingerprint density at radius 2 is 1.89 bits per heavy atom. The summed E-state index contributed by atoms with van der Waals surface area (Å²) >= 11 is 0. The van der Waals surface area contributed by atoms with Crippen LogP contribution in [0.1, 0.15) is 28.8 Å². The molecule has 0 bridgehead atoms. The summed E-state index contributed by atoms with van der Waals surface area (Å²) in [6.07, 6.45) is 2.15. The molecule has 98 valence electrons. The fourth-order valence-electron chi connectivity index (χ4n) is 2.94. The average Bonchev–Trinajstić information content (AvgIpc) is 2.38. The maximum atomic E-state index is 11.7. The van der Waals surface area contributed by atoms with E-state index in [2.05, 4.69) is 18.0 Å². The smallest absolute Gasteiger partial charge is 0.338 e. The summed E-state index contributed by atoms with van der Waals surface area (Å²) in [5, 5.41) is 0. The first-order valence-corrected chi connectivity index (χ1v) is 6.16. The molecule has 1 aromatic rings. The highest BCUT2D eigenvalue weighted by Gasteiger charge is 2.42. The van der Waals surface area contributed by atoms with Crippen molar-refractivity contribution in [1.29, 1.82) is 0 Å². The van der Waals surface area contributed by atoms with Gasteiger partial charge in [0.05, 0.1) is 5.56 Å². The van der Waals surface area contributed by atoms with Crippen LogP contribution >= 0.6 is 12.4 Å². The number of hydrogen-bond donors (Lipinski definition) is 0. The lowest BCUT2D eigenvalue weighted by atomic mass is 9.70. The van der Waals surface area contributed by atoms with Crippen LogP contribution in [0.5, 0.6) is 0 Å². The van der Waals surface area contributed by atoms with Crippen LogP contribution in [0.4, 0.5) is 0 Å². The molecule has 0 aliphatic carbocycles. The van der Waals surface area contributed by atoms with Gasteiger partial charge < -0.3 is 9.64 Å². The number of hydrogen-bond acceptors (Lipinski definition) is 3. The quantitative estimate of drug-likeness (QED) is 0.675. The summed E-state index contributed by atoms with van der Waals surface area (Å²) in [6.45, 7) is 2.70. The van der Waals surface area contributed by atoms with Gasteiger partial charge in [-0.05, 0) is 44.6 Å². The Balaban J connectivity index is 0.00000120. The second kappa shape index (κ2) is 4.90. The maximum absolute atomic E-state index is 11.7. The third kappa shape index (κ3) is 2.02. The molecular formula is C14H18ClNO2. The standard InChI is InChI=1S/C14H17NO2.ClH/c1-15-8-6-14(7-9-15)10-17-13(16)11-4-2-3-5-12(11)14;/h2-5H,6-10H2,1H3;1H. The molecule has 2 aliphatic rings. The molecule has 0 amide bonds. The Bertz CT molecular complexity index is 453. The molecule has 0 radical (unpaired) electrons. The van der Waals surface area contributed by atoms with E-state index < -0.39 is 0 Å². The highest BCUT2D eigenvalue weighted by Crippen LogP contribution is 2.40. The molecule has 1 spiro atoms. The van der Waals surface area contributed by atoms with Gasteiger partial charge in [0.15, 0.2) is 0 Å². The third-order valence-corrected chi connectivity index (χ3v) is 4.14. The van der Waals surface area contributed by atoms with E-state index in [-0.39, 0.29) is 23.8 Å². The van der Waals surface area contributed by atoms with Crippen molar-refractivity contribution in [2.75, 3.05) is 26.7 Å². The molecule has 0 aromatic heterocycles. The number of fused-ring (bicyclic) bond motifs is 2. The summed E-state index contributed by atoms with van der Waals surface area (Å²) in [6, 6.07) is 7.92. The molecule has 18 heavy (non-hydrogen) atoms. The van der Waals surface area contributed by atoms with Crippen LogP contribution in [0.2, 0.25) is 0 Å². The molecule has 1 fully saturated rings. The van der Waals surface area contributed by atoms with E-state index in [4.69, 9.17) is 4.74 Å². The van der Waals surface area contributed by atoms with Gasteiger partial charge in [-0.1, -0.05) is 18.2 Å². The number of benzene rings is 1. The van der Waals surface area contributed by atoms with Gasteiger partial charge in [0.2, 0.25) is 0 Å². The Labute approximate surface area is 114 Å². The monoisotopic (exact) mass is 267 g/mol. The Kier molecular flexibility index (Phi) is 3.64. The molecule has 0 unspecified atom stereocenters. The first kappa shape index (κ1) is 13.4. The lowest BCUT2D eigenvalue weighted by Crippen LogP contribution is -2.47. The summed E-state index contributed by atoms with van der Waals surface area (Å²) in [4.78, 5) is 14.1. The van der Waals surface area contributed by atoms with E-state index in [1.165, 1.54) is 5.56 Å². The van der Waals surface area contributed by atoms with Gasteiger partial charge in [-0.15, -0.1) is 12.4 Å². The zero-order valence-electron chi connectivity index (χ0n) is 10.5. The van der Waals surface area contributed by atoms with Crippen LogP contribution in [0.25, 0.3) is 0 Å². The first-order valence-electron chi connectivity index (χ1n) is 6.16. The third-order valence-electron chi connectivity index (χ3n) is 4.14. The van der Waals surface area contributed by atoms with E-state index >= 15 is 0 Å². The van der Waals surface area contributed by atoms with Crippen molar-refractivity contribution < 1.29 is 9.53 Å². The number of piperidine rings is 1.